The summed E-state index contributed by atoms with van der Waals surface area (Å²) in [6.45, 7) is 4.06. The molecule has 0 bridgehead atoms. The van der Waals surface area contributed by atoms with E-state index in [1.165, 1.54) is 7.11 Å². The monoisotopic (exact) mass is 357 g/mol. The molecule has 1 atom stereocenters. The molecule has 0 heterocycles. The zero-order valence-corrected chi connectivity index (χ0v) is 15.2. The predicted molar refractivity (Wildman–Crippen MR) is 93.7 cm³/mol. The topological polar surface area (TPSA) is 111 Å². The summed E-state index contributed by atoms with van der Waals surface area (Å²) in [5.41, 5.74) is 6.92. The number of amides is 1. The van der Waals surface area contributed by atoms with E-state index in [-0.39, 0.29) is 43.3 Å². The number of sulfonamides is 1. The van der Waals surface area contributed by atoms with Gasteiger partial charge in [-0.25, -0.2) is 13.1 Å². The van der Waals surface area contributed by atoms with E-state index in [0.717, 1.165) is 5.56 Å². The first-order chi connectivity index (χ1) is 11.3. The number of ether oxygens (including phenoxy) is 1. The van der Waals surface area contributed by atoms with Gasteiger partial charge in [-0.2, -0.15) is 0 Å². The van der Waals surface area contributed by atoms with E-state index in [1.807, 2.05) is 6.07 Å². The Balaban J connectivity index is 2.72. The minimum atomic E-state index is -3.42. The van der Waals surface area contributed by atoms with Crippen molar-refractivity contribution in [3.63, 3.8) is 0 Å². The highest BCUT2D eigenvalue weighted by molar-refractivity contribution is 7.88. The maximum Gasteiger partial charge on any atom is 0.222 e. The molecule has 0 radical (unpaired) electrons. The highest BCUT2D eigenvalue weighted by atomic mass is 32.2. The van der Waals surface area contributed by atoms with Crippen LogP contribution in [0.3, 0.4) is 0 Å². The van der Waals surface area contributed by atoms with E-state index >= 15 is 0 Å². The molecule has 8 heteroatoms. The second-order valence-electron chi connectivity index (χ2n) is 5.87. The van der Waals surface area contributed by atoms with Crippen LogP contribution in [0.15, 0.2) is 24.3 Å². The van der Waals surface area contributed by atoms with Crippen molar-refractivity contribution in [3.8, 4) is 0 Å². The molecule has 0 aromatic heterocycles. The highest BCUT2D eigenvalue weighted by Crippen LogP contribution is 2.12. The first kappa shape index (κ1) is 20.6. The van der Waals surface area contributed by atoms with Crippen LogP contribution < -0.4 is 15.8 Å². The molecule has 136 valence electrons. The first-order valence-electron chi connectivity index (χ1n) is 7.83. The molecular formula is C16H27N3O4S. The van der Waals surface area contributed by atoms with Gasteiger partial charge in [0, 0.05) is 26.2 Å². The first-order valence-corrected chi connectivity index (χ1v) is 9.49. The number of carbonyl (C=O) groups is 1. The zero-order valence-electron chi connectivity index (χ0n) is 14.4. The van der Waals surface area contributed by atoms with Gasteiger partial charge in [0.25, 0.3) is 0 Å². The van der Waals surface area contributed by atoms with E-state index in [4.69, 9.17) is 10.5 Å². The Hall–Kier alpha value is -1.48. The van der Waals surface area contributed by atoms with Gasteiger partial charge in [-0.05, 0) is 25.0 Å². The molecule has 0 aliphatic heterocycles. The predicted octanol–water partition coefficient (Wildman–Crippen LogP) is 0.494. The van der Waals surface area contributed by atoms with E-state index in [9.17, 15) is 13.2 Å². The molecule has 0 saturated carbocycles. The van der Waals surface area contributed by atoms with Gasteiger partial charge in [0.1, 0.15) is 0 Å². The van der Waals surface area contributed by atoms with Crippen molar-refractivity contribution in [1.82, 2.24) is 10.0 Å². The maximum atomic E-state index is 12.1. The molecule has 0 saturated heterocycles. The number of nitrogens with two attached hydrogens (primary N) is 1. The lowest BCUT2D eigenvalue weighted by Gasteiger charge is -2.15. The van der Waals surface area contributed by atoms with Crippen LogP contribution in [0.25, 0.3) is 0 Å². The molecule has 24 heavy (non-hydrogen) atoms. The number of methoxy groups -OCH3 is 1. The Bertz CT molecular complexity index is 628. The van der Waals surface area contributed by atoms with Crippen molar-refractivity contribution in [2.45, 2.75) is 44.7 Å². The largest absolute Gasteiger partial charge is 0.380 e. The van der Waals surface area contributed by atoms with Gasteiger partial charge in [0.15, 0.2) is 0 Å². The quantitative estimate of drug-likeness (QED) is 0.564. The van der Waals surface area contributed by atoms with Crippen LogP contribution in [-0.2, 0) is 31.9 Å². The van der Waals surface area contributed by atoms with Crippen molar-refractivity contribution in [3.05, 3.63) is 35.4 Å². The minimum absolute atomic E-state index is 0.124. The van der Waals surface area contributed by atoms with Gasteiger partial charge in [-0.15, -0.1) is 0 Å². The molecule has 0 spiro atoms. The average Bonchev–Trinajstić information content (AvgIpc) is 2.50. The number of nitrogens with one attached hydrogen (secondary N) is 2. The van der Waals surface area contributed by atoms with E-state index in [2.05, 4.69) is 10.0 Å². The Labute approximate surface area is 144 Å². The normalized spacial score (nSPS) is 13.0. The fourth-order valence-corrected chi connectivity index (χ4v) is 3.70. The van der Waals surface area contributed by atoms with Gasteiger partial charge >= 0.3 is 0 Å². The molecule has 1 rings (SSSR count). The van der Waals surface area contributed by atoms with Crippen LogP contribution >= 0.6 is 0 Å². The number of benzene rings is 1. The Morgan fingerprint density at radius 1 is 1.25 bits per heavy atom. The number of hydrogen-bond acceptors (Lipinski definition) is 5. The van der Waals surface area contributed by atoms with Crippen molar-refractivity contribution < 1.29 is 17.9 Å². The third-order valence-corrected chi connectivity index (χ3v) is 4.89. The number of rotatable bonds is 10. The van der Waals surface area contributed by atoms with Gasteiger partial charge in [0.05, 0.1) is 18.3 Å². The number of hydrogen-bond donors (Lipinski definition) is 3. The summed E-state index contributed by atoms with van der Waals surface area (Å²) >= 11 is 0. The lowest BCUT2D eigenvalue weighted by molar-refractivity contribution is -0.123. The summed E-state index contributed by atoms with van der Waals surface area (Å²) in [6.07, 6.45) is -0.154. The fourth-order valence-electron chi connectivity index (χ4n) is 2.21. The van der Waals surface area contributed by atoms with Crippen LogP contribution in [0.1, 0.15) is 31.4 Å². The minimum Gasteiger partial charge on any atom is -0.380 e. The summed E-state index contributed by atoms with van der Waals surface area (Å²) < 4.78 is 31.8. The maximum absolute atomic E-state index is 12.1. The molecule has 1 aromatic rings. The van der Waals surface area contributed by atoms with E-state index < -0.39 is 10.0 Å². The molecule has 4 N–H and O–H groups in total. The molecule has 1 aromatic carbocycles. The van der Waals surface area contributed by atoms with Crippen LogP contribution in [0.5, 0.6) is 0 Å². The van der Waals surface area contributed by atoms with Gasteiger partial charge in [0.2, 0.25) is 15.9 Å². The SMILES string of the molecule is COC(CN)CC(=O)NCc1ccccc1CS(=O)(=O)NC(C)C. The Morgan fingerprint density at radius 3 is 2.42 bits per heavy atom. The van der Waals surface area contributed by atoms with Crippen LogP contribution in [-0.4, -0.2) is 40.1 Å². The summed E-state index contributed by atoms with van der Waals surface area (Å²) in [5, 5.41) is 2.78. The standard InChI is InChI=1S/C16H27N3O4S/c1-12(2)19-24(21,22)11-14-7-5-4-6-13(14)10-18-16(20)8-15(9-17)23-3/h4-7,12,15,19H,8-11,17H2,1-3H3,(H,18,20). The van der Waals surface area contributed by atoms with Gasteiger partial charge in [-0.3, -0.25) is 4.79 Å². The van der Waals surface area contributed by atoms with Crippen molar-refractivity contribution in [1.29, 1.82) is 0 Å². The molecule has 1 unspecified atom stereocenters. The molecule has 0 aliphatic carbocycles. The van der Waals surface area contributed by atoms with Crippen molar-refractivity contribution >= 4 is 15.9 Å². The van der Waals surface area contributed by atoms with E-state index in [0.29, 0.717) is 5.56 Å². The van der Waals surface area contributed by atoms with Crippen LogP contribution in [0.2, 0.25) is 0 Å². The molecule has 0 aliphatic rings. The molecule has 1 amide bonds. The van der Waals surface area contributed by atoms with Gasteiger partial charge < -0.3 is 15.8 Å². The second-order valence-corrected chi connectivity index (χ2v) is 7.63. The summed E-state index contributed by atoms with van der Waals surface area (Å²) in [5.74, 6) is -0.314. The highest BCUT2D eigenvalue weighted by Gasteiger charge is 2.16. The average molecular weight is 357 g/mol. The fraction of sp³-hybridized carbons (Fsp3) is 0.562. The van der Waals surface area contributed by atoms with E-state index in [1.54, 1.807) is 32.0 Å². The second kappa shape index (κ2) is 9.73. The van der Waals surface area contributed by atoms with Crippen LogP contribution in [0, 0.1) is 0 Å². The summed E-state index contributed by atoms with van der Waals surface area (Å²) in [6, 6.07) is 6.98. The lowest BCUT2D eigenvalue weighted by Crippen LogP contribution is -2.33. The zero-order chi connectivity index (χ0) is 18.2. The third-order valence-electron chi connectivity index (χ3n) is 3.36. The summed E-state index contributed by atoms with van der Waals surface area (Å²) in [4.78, 5) is 11.9. The van der Waals surface area contributed by atoms with Crippen molar-refractivity contribution in [2.24, 2.45) is 5.73 Å². The molecule has 0 fully saturated rings. The lowest BCUT2D eigenvalue weighted by atomic mass is 10.1. The van der Waals surface area contributed by atoms with Crippen molar-refractivity contribution in [2.75, 3.05) is 13.7 Å². The molecule has 7 nitrogen and oxygen atoms in total. The molecular weight excluding hydrogens is 330 g/mol. The van der Waals surface area contributed by atoms with Crippen LogP contribution in [0.4, 0.5) is 0 Å². The third kappa shape index (κ3) is 7.39. The van der Waals surface area contributed by atoms with Gasteiger partial charge in [-0.1, -0.05) is 24.3 Å². The summed E-state index contributed by atoms with van der Waals surface area (Å²) in [7, 11) is -1.91. The smallest absolute Gasteiger partial charge is 0.222 e. The Morgan fingerprint density at radius 2 is 1.88 bits per heavy atom. The number of carbonyl (C=O) groups excluding carboxylic acids is 1. The Kier molecular flexibility index (Phi) is 8.34.